The SMILES string of the molecule is CCN(CC)CCC[C@@H](C)NC(=O)/C=C1\Sc2ccc(C(F)(F)F)cc2NC1=O. The molecular formula is C20H26F3N3O2S. The number of hydrogen-bond donors (Lipinski definition) is 2. The van der Waals surface area contributed by atoms with Gasteiger partial charge in [-0.2, -0.15) is 13.2 Å². The summed E-state index contributed by atoms with van der Waals surface area (Å²) < 4.78 is 38.4. The molecule has 9 heteroatoms. The Morgan fingerprint density at radius 3 is 2.62 bits per heavy atom. The second kappa shape index (κ2) is 10.2. The molecule has 1 aliphatic rings. The number of benzene rings is 1. The topological polar surface area (TPSA) is 61.4 Å². The van der Waals surface area contributed by atoms with Crippen LogP contribution in [0.5, 0.6) is 0 Å². The van der Waals surface area contributed by atoms with Crippen LogP contribution in [0.4, 0.5) is 18.9 Å². The molecule has 1 aromatic carbocycles. The molecule has 160 valence electrons. The number of rotatable bonds is 8. The highest BCUT2D eigenvalue weighted by Gasteiger charge is 2.32. The van der Waals surface area contributed by atoms with Gasteiger partial charge in [0.25, 0.3) is 5.91 Å². The van der Waals surface area contributed by atoms with E-state index in [0.29, 0.717) is 4.90 Å². The Labute approximate surface area is 173 Å². The van der Waals surface area contributed by atoms with Crippen molar-refractivity contribution >= 4 is 29.3 Å². The number of alkyl halides is 3. The normalized spacial score (nSPS) is 16.5. The van der Waals surface area contributed by atoms with Crippen LogP contribution in [0.15, 0.2) is 34.1 Å². The van der Waals surface area contributed by atoms with Crippen LogP contribution in [0.25, 0.3) is 0 Å². The van der Waals surface area contributed by atoms with Gasteiger partial charge in [0.15, 0.2) is 0 Å². The first-order valence-electron chi connectivity index (χ1n) is 9.59. The highest BCUT2D eigenvalue weighted by atomic mass is 32.2. The first-order valence-corrected chi connectivity index (χ1v) is 10.4. The van der Waals surface area contributed by atoms with E-state index in [1.54, 1.807) is 0 Å². The summed E-state index contributed by atoms with van der Waals surface area (Å²) >= 11 is 0.982. The molecule has 5 nitrogen and oxygen atoms in total. The summed E-state index contributed by atoms with van der Waals surface area (Å²) in [5.74, 6) is -0.987. The van der Waals surface area contributed by atoms with Crippen molar-refractivity contribution in [2.24, 2.45) is 0 Å². The molecule has 0 saturated heterocycles. The van der Waals surface area contributed by atoms with Crippen molar-refractivity contribution in [1.82, 2.24) is 10.2 Å². The van der Waals surface area contributed by atoms with Gasteiger partial charge in [0.2, 0.25) is 5.91 Å². The first-order chi connectivity index (χ1) is 13.6. The summed E-state index contributed by atoms with van der Waals surface area (Å²) in [6, 6.07) is 3.10. The van der Waals surface area contributed by atoms with Crippen molar-refractivity contribution in [2.75, 3.05) is 25.0 Å². The Hall–Kier alpha value is -2.00. The fourth-order valence-electron chi connectivity index (χ4n) is 2.97. The maximum absolute atomic E-state index is 12.8. The molecule has 2 rings (SSSR count). The van der Waals surface area contributed by atoms with Gasteiger partial charge in [-0.1, -0.05) is 25.6 Å². The molecule has 1 atom stereocenters. The summed E-state index contributed by atoms with van der Waals surface area (Å²) in [4.78, 5) is 27.3. The molecule has 0 fully saturated rings. The van der Waals surface area contributed by atoms with Crippen LogP contribution >= 0.6 is 11.8 Å². The molecule has 0 aliphatic carbocycles. The molecule has 0 bridgehead atoms. The summed E-state index contributed by atoms with van der Waals surface area (Å²) in [5, 5.41) is 5.26. The van der Waals surface area contributed by atoms with E-state index in [9.17, 15) is 22.8 Å². The monoisotopic (exact) mass is 429 g/mol. The third kappa shape index (κ3) is 6.78. The number of nitrogens with zero attached hydrogens (tertiary/aromatic N) is 1. The fraction of sp³-hybridized carbons (Fsp3) is 0.500. The first kappa shape index (κ1) is 23.3. The predicted molar refractivity (Wildman–Crippen MR) is 109 cm³/mol. The minimum absolute atomic E-state index is 0.0480. The van der Waals surface area contributed by atoms with Crippen LogP contribution in [-0.2, 0) is 15.8 Å². The average molecular weight is 430 g/mol. The van der Waals surface area contributed by atoms with Crippen molar-refractivity contribution < 1.29 is 22.8 Å². The molecular weight excluding hydrogens is 403 g/mol. The highest BCUT2D eigenvalue weighted by Crippen LogP contribution is 2.41. The maximum atomic E-state index is 12.8. The zero-order valence-corrected chi connectivity index (χ0v) is 17.5. The van der Waals surface area contributed by atoms with Crippen LogP contribution in [0.3, 0.4) is 0 Å². The summed E-state index contributed by atoms with van der Waals surface area (Å²) in [6.07, 6.45) is -1.53. The van der Waals surface area contributed by atoms with E-state index in [2.05, 4.69) is 29.4 Å². The number of nitrogens with one attached hydrogen (secondary N) is 2. The molecule has 0 radical (unpaired) electrons. The lowest BCUT2D eigenvalue weighted by atomic mass is 10.1. The summed E-state index contributed by atoms with van der Waals surface area (Å²) in [7, 11) is 0. The maximum Gasteiger partial charge on any atom is 0.416 e. The smallest absolute Gasteiger partial charge is 0.350 e. The zero-order chi connectivity index (χ0) is 21.6. The van der Waals surface area contributed by atoms with Gasteiger partial charge >= 0.3 is 6.18 Å². The lowest BCUT2D eigenvalue weighted by Crippen LogP contribution is -2.33. The van der Waals surface area contributed by atoms with Crippen molar-refractivity contribution in [1.29, 1.82) is 0 Å². The number of thioether (sulfide) groups is 1. The van der Waals surface area contributed by atoms with Gasteiger partial charge in [0.1, 0.15) is 0 Å². The number of anilines is 1. The largest absolute Gasteiger partial charge is 0.416 e. The van der Waals surface area contributed by atoms with Gasteiger partial charge in [-0.15, -0.1) is 0 Å². The van der Waals surface area contributed by atoms with E-state index >= 15 is 0 Å². The van der Waals surface area contributed by atoms with Gasteiger partial charge in [-0.25, -0.2) is 0 Å². The minimum atomic E-state index is -4.48. The molecule has 1 heterocycles. The third-order valence-corrected chi connectivity index (χ3v) is 5.75. The third-order valence-electron chi connectivity index (χ3n) is 4.66. The van der Waals surface area contributed by atoms with E-state index in [1.165, 1.54) is 12.1 Å². The van der Waals surface area contributed by atoms with E-state index in [1.807, 2.05) is 6.92 Å². The predicted octanol–water partition coefficient (Wildman–Crippen LogP) is 4.26. The molecule has 0 spiro atoms. The Kier molecular flexibility index (Phi) is 8.15. The van der Waals surface area contributed by atoms with Gasteiger partial charge < -0.3 is 15.5 Å². The van der Waals surface area contributed by atoms with Crippen LogP contribution < -0.4 is 10.6 Å². The van der Waals surface area contributed by atoms with Crippen LogP contribution in [0, 0.1) is 0 Å². The van der Waals surface area contributed by atoms with E-state index in [4.69, 9.17) is 0 Å². The fourth-order valence-corrected chi connectivity index (χ4v) is 3.88. The van der Waals surface area contributed by atoms with Crippen molar-refractivity contribution in [3.8, 4) is 0 Å². The number of amides is 2. The second-order valence-corrected chi connectivity index (χ2v) is 7.94. The van der Waals surface area contributed by atoms with Gasteiger partial charge in [-0.05, 0) is 57.6 Å². The zero-order valence-electron chi connectivity index (χ0n) is 16.7. The van der Waals surface area contributed by atoms with E-state index in [-0.39, 0.29) is 16.6 Å². The summed E-state index contributed by atoms with van der Waals surface area (Å²) in [6.45, 7) is 9.05. The number of carbonyl (C=O) groups is 2. The van der Waals surface area contributed by atoms with Crippen LogP contribution in [0.2, 0.25) is 0 Å². The second-order valence-electron chi connectivity index (χ2n) is 6.85. The molecule has 29 heavy (non-hydrogen) atoms. The molecule has 2 N–H and O–H groups in total. The number of hydrogen-bond acceptors (Lipinski definition) is 4. The Morgan fingerprint density at radius 2 is 2.00 bits per heavy atom. The molecule has 1 aliphatic heterocycles. The highest BCUT2D eigenvalue weighted by molar-refractivity contribution is 8.04. The van der Waals surface area contributed by atoms with Gasteiger partial charge in [-0.3, -0.25) is 9.59 Å². The van der Waals surface area contributed by atoms with Crippen LogP contribution in [0.1, 0.15) is 39.2 Å². The lowest BCUT2D eigenvalue weighted by molar-refractivity contribution is -0.137. The van der Waals surface area contributed by atoms with Crippen molar-refractivity contribution in [2.45, 2.75) is 50.7 Å². The van der Waals surface area contributed by atoms with E-state index in [0.717, 1.165) is 56.4 Å². The molecule has 0 aromatic heterocycles. The Bertz CT molecular complexity index is 777. The minimum Gasteiger partial charge on any atom is -0.350 e. The number of halogens is 3. The molecule has 1 aromatic rings. The standard InChI is InChI=1S/C20H26F3N3O2S/c1-4-26(5-2)10-6-7-13(3)24-18(27)12-17-19(28)25-15-11-14(20(21,22)23)8-9-16(15)29-17/h8-9,11-13H,4-7,10H2,1-3H3,(H,24,27)(H,25,28)/b17-12-/t13-/m1/s1. The number of fused-ring (bicyclic) bond motifs is 1. The molecule has 0 unspecified atom stereocenters. The quantitative estimate of drug-likeness (QED) is 0.606. The molecule has 2 amide bonds. The Morgan fingerprint density at radius 1 is 1.31 bits per heavy atom. The van der Waals surface area contributed by atoms with Crippen LogP contribution in [-0.4, -0.2) is 42.4 Å². The Balaban J connectivity index is 1.95. The lowest BCUT2D eigenvalue weighted by Gasteiger charge is -2.21. The average Bonchev–Trinajstić information content (AvgIpc) is 2.64. The van der Waals surface area contributed by atoms with E-state index < -0.39 is 23.6 Å². The number of carbonyl (C=O) groups excluding carboxylic acids is 2. The van der Waals surface area contributed by atoms with Crippen molar-refractivity contribution in [3.63, 3.8) is 0 Å². The summed E-state index contributed by atoms with van der Waals surface area (Å²) in [5.41, 5.74) is -0.738. The van der Waals surface area contributed by atoms with Gasteiger partial charge in [0, 0.05) is 17.0 Å². The van der Waals surface area contributed by atoms with Crippen molar-refractivity contribution in [3.05, 3.63) is 34.7 Å². The molecule has 0 saturated carbocycles. The van der Waals surface area contributed by atoms with Gasteiger partial charge in [0.05, 0.1) is 16.2 Å².